The van der Waals surface area contributed by atoms with Crippen LogP contribution in [-0.2, 0) is 9.59 Å². The summed E-state index contributed by atoms with van der Waals surface area (Å²) < 4.78 is 0. The summed E-state index contributed by atoms with van der Waals surface area (Å²) in [5, 5.41) is 11.7. The van der Waals surface area contributed by atoms with Crippen LogP contribution in [0.1, 0.15) is 62.5 Å². The molecule has 1 aliphatic carbocycles. The van der Waals surface area contributed by atoms with E-state index in [-0.39, 0.29) is 30.6 Å². The number of nitrogens with one attached hydrogen (secondary N) is 1. The fourth-order valence-electron chi connectivity index (χ4n) is 5.05. The molecule has 1 aliphatic heterocycles. The number of benzene rings is 1. The maximum absolute atomic E-state index is 12.1. The van der Waals surface area contributed by atoms with Gasteiger partial charge in [0.15, 0.2) is 0 Å². The van der Waals surface area contributed by atoms with Gasteiger partial charge in [-0.15, -0.1) is 0 Å². The van der Waals surface area contributed by atoms with E-state index >= 15 is 0 Å². The van der Waals surface area contributed by atoms with Crippen molar-refractivity contribution in [3.8, 4) is 0 Å². The van der Waals surface area contributed by atoms with Gasteiger partial charge in [-0.05, 0) is 54.6 Å². The highest BCUT2D eigenvalue weighted by molar-refractivity contribution is 5.76. The predicted octanol–water partition coefficient (Wildman–Crippen LogP) is 2.23. The first-order chi connectivity index (χ1) is 14.4. The number of carbonyl (C=O) groups excluding carboxylic acids is 1. The van der Waals surface area contributed by atoms with Crippen LogP contribution in [0.3, 0.4) is 0 Å². The quantitative estimate of drug-likeness (QED) is 0.517. The third kappa shape index (κ3) is 4.68. The van der Waals surface area contributed by atoms with E-state index in [1.165, 1.54) is 11.1 Å². The van der Waals surface area contributed by atoms with Crippen LogP contribution in [0.25, 0.3) is 5.57 Å². The fourth-order valence-corrected chi connectivity index (χ4v) is 5.05. The third-order valence-electron chi connectivity index (χ3n) is 6.47. The van der Waals surface area contributed by atoms with Gasteiger partial charge in [0.1, 0.15) is 0 Å². The summed E-state index contributed by atoms with van der Waals surface area (Å²) in [5.74, 6) is -0.489. The van der Waals surface area contributed by atoms with Gasteiger partial charge in [-0.3, -0.25) is 14.5 Å². The normalized spacial score (nSPS) is 27.3. The van der Waals surface area contributed by atoms with Crippen molar-refractivity contribution in [2.45, 2.75) is 57.0 Å². The lowest BCUT2D eigenvalue weighted by atomic mass is 9.66. The minimum absolute atomic E-state index is 0.0205. The van der Waals surface area contributed by atoms with E-state index in [0.29, 0.717) is 13.0 Å². The van der Waals surface area contributed by atoms with Gasteiger partial charge in [-0.1, -0.05) is 31.2 Å². The number of likely N-dealkylation sites (tertiary alicyclic amines) is 1. The second kappa shape index (κ2) is 9.62. The van der Waals surface area contributed by atoms with Gasteiger partial charge in [0.25, 0.3) is 0 Å². The average molecular weight is 415 g/mol. The minimum atomic E-state index is -0.869. The second-order valence-corrected chi connectivity index (χ2v) is 8.60. The Bertz CT molecular complexity index is 809. The van der Waals surface area contributed by atoms with Gasteiger partial charge in [0.05, 0.1) is 5.66 Å². The molecule has 0 saturated carbocycles. The minimum Gasteiger partial charge on any atom is -0.481 e. The molecule has 3 rings (SSSR count). The molecule has 30 heavy (non-hydrogen) atoms. The summed E-state index contributed by atoms with van der Waals surface area (Å²) in [6.45, 7) is 4.47. The number of fused-ring (bicyclic) bond motifs is 3. The Hall–Kier alpha value is -2.38. The molecule has 2 aliphatic rings. The van der Waals surface area contributed by atoms with E-state index in [1.54, 1.807) is 6.20 Å². The Labute approximate surface area is 178 Å². The Morgan fingerprint density at radius 3 is 2.80 bits per heavy atom. The molecule has 1 fully saturated rings. The van der Waals surface area contributed by atoms with Crippen molar-refractivity contribution in [1.29, 1.82) is 0 Å². The van der Waals surface area contributed by atoms with Gasteiger partial charge in [0.2, 0.25) is 5.91 Å². The van der Waals surface area contributed by atoms with Crippen molar-refractivity contribution < 1.29 is 14.7 Å². The molecule has 1 aromatic carbocycles. The monoisotopic (exact) mass is 414 g/mol. The topological polar surface area (TPSA) is 122 Å². The average Bonchev–Trinajstić information content (AvgIpc) is 2.72. The molecule has 1 heterocycles. The Morgan fingerprint density at radius 1 is 1.33 bits per heavy atom. The molecule has 7 nitrogen and oxygen atoms in total. The zero-order valence-electron chi connectivity index (χ0n) is 17.8. The van der Waals surface area contributed by atoms with E-state index in [0.717, 1.165) is 37.9 Å². The number of aliphatic carboxylic acids is 1. The highest BCUT2D eigenvalue weighted by atomic mass is 16.4. The van der Waals surface area contributed by atoms with Gasteiger partial charge in [-0.2, -0.15) is 0 Å². The van der Waals surface area contributed by atoms with E-state index < -0.39 is 11.6 Å². The van der Waals surface area contributed by atoms with Crippen LogP contribution in [-0.4, -0.2) is 47.2 Å². The number of carboxylic acids is 1. The summed E-state index contributed by atoms with van der Waals surface area (Å²) in [7, 11) is 0. The highest BCUT2D eigenvalue weighted by Crippen LogP contribution is 2.50. The second-order valence-electron chi connectivity index (χ2n) is 8.60. The number of nitrogens with two attached hydrogens (primary N) is 2. The lowest BCUT2D eigenvalue weighted by Crippen LogP contribution is -2.66. The summed E-state index contributed by atoms with van der Waals surface area (Å²) >= 11 is 0. The number of hydrogen-bond donors (Lipinski definition) is 4. The molecular formula is C23H34N4O3. The lowest BCUT2D eigenvalue weighted by Gasteiger charge is -2.55. The van der Waals surface area contributed by atoms with E-state index in [9.17, 15) is 9.59 Å². The number of carboxylic acid groups (broad SMARTS) is 1. The molecule has 3 atom stereocenters. The summed E-state index contributed by atoms with van der Waals surface area (Å²) in [4.78, 5) is 25.1. The molecule has 2 unspecified atom stereocenters. The highest BCUT2D eigenvalue weighted by Gasteiger charge is 2.49. The number of piperidine rings is 1. The maximum Gasteiger partial charge on any atom is 0.303 e. The third-order valence-corrected chi connectivity index (χ3v) is 6.47. The first-order valence-corrected chi connectivity index (χ1v) is 10.9. The molecule has 164 valence electrons. The lowest BCUT2D eigenvalue weighted by molar-refractivity contribution is -0.137. The smallest absolute Gasteiger partial charge is 0.303 e. The zero-order valence-corrected chi connectivity index (χ0v) is 17.8. The van der Waals surface area contributed by atoms with Crippen molar-refractivity contribution in [2.24, 2.45) is 17.4 Å². The largest absolute Gasteiger partial charge is 0.481 e. The number of carbonyl (C=O) groups is 2. The summed E-state index contributed by atoms with van der Waals surface area (Å²) in [6, 6.07) is 8.36. The van der Waals surface area contributed by atoms with Crippen LogP contribution >= 0.6 is 0 Å². The predicted molar refractivity (Wildman–Crippen MR) is 117 cm³/mol. The van der Waals surface area contributed by atoms with Gasteiger partial charge < -0.3 is 21.9 Å². The van der Waals surface area contributed by atoms with Crippen molar-refractivity contribution in [3.63, 3.8) is 0 Å². The van der Waals surface area contributed by atoms with Crippen molar-refractivity contribution in [3.05, 3.63) is 41.6 Å². The van der Waals surface area contributed by atoms with Crippen molar-refractivity contribution in [1.82, 2.24) is 10.2 Å². The van der Waals surface area contributed by atoms with Crippen LogP contribution in [0.15, 0.2) is 30.5 Å². The van der Waals surface area contributed by atoms with Crippen molar-refractivity contribution >= 4 is 17.4 Å². The van der Waals surface area contributed by atoms with E-state index in [4.69, 9.17) is 16.6 Å². The molecule has 1 saturated heterocycles. The molecule has 7 heteroatoms. The van der Waals surface area contributed by atoms with Crippen LogP contribution < -0.4 is 16.8 Å². The van der Waals surface area contributed by atoms with Gasteiger partial charge in [-0.25, -0.2) is 0 Å². The number of nitrogens with zero attached hydrogens (tertiary/aromatic N) is 1. The fraction of sp³-hybridized carbons (Fsp3) is 0.565. The Balaban J connectivity index is 1.75. The van der Waals surface area contributed by atoms with E-state index in [2.05, 4.69) is 35.3 Å². The molecule has 0 radical (unpaired) electrons. The van der Waals surface area contributed by atoms with E-state index in [1.807, 2.05) is 6.07 Å². The molecule has 6 N–H and O–H groups in total. The number of rotatable bonds is 8. The molecule has 0 aromatic heterocycles. The molecule has 1 amide bonds. The Kier molecular flexibility index (Phi) is 7.15. The molecule has 1 aromatic rings. The standard InChI is InChI=1S/C23H34N4O3/c1-2-10-27-15-16(14-26-21(28)8-5-9-22(29)30)11-20-19-7-4-3-6-18(19)17(13-24)12-23(20,27)25/h3-4,6-7,13,16,20H,2,5,8-12,14-15,24-25H2,1H3,(H,26,28)(H,29,30)/b17-13-/t16?,20?,23-/m1/s1. The summed E-state index contributed by atoms with van der Waals surface area (Å²) in [5.41, 5.74) is 16.1. The molecule has 0 bridgehead atoms. The zero-order chi connectivity index (χ0) is 21.7. The van der Waals surface area contributed by atoms with Gasteiger partial charge in [0, 0.05) is 38.3 Å². The molecule has 0 spiro atoms. The van der Waals surface area contributed by atoms with Crippen molar-refractivity contribution in [2.75, 3.05) is 19.6 Å². The maximum atomic E-state index is 12.1. The number of hydrogen-bond acceptors (Lipinski definition) is 5. The van der Waals surface area contributed by atoms with Crippen LogP contribution in [0, 0.1) is 5.92 Å². The van der Waals surface area contributed by atoms with Crippen LogP contribution in [0.2, 0.25) is 0 Å². The summed E-state index contributed by atoms with van der Waals surface area (Å²) in [6.07, 6.45) is 4.95. The van der Waals surface area contributed by atoms with Crippen LogP contribution in [0.5, 0.6) is 0 Å². The molecular weight excluding hydrogens is 380 g/mol. The first kappa shape index (κ1) is 22.3. The first-order valence-electron chi connectivity index (χ1n) is 10.9. The SMILES string of the molecule is CCCN1CC(CNC(=O)CCCC(=O)O)CC2c3ccccc3/C(=C\N)C[C@]21N. The van der Waals surface area contributed by atoms with Gasteiger partial charge >= 0.3 is 5.97 Å². The number of amides is 1. The Morgan fingerprint density at radius 2 is 2.10 bits per heavy atom. The van der Waals surface area contributed by atoms with Crippen LogP contribution in [0.4, 0.5) is 0 Å².